The second-order valence-corrected chi connectivity index (χ2v) is 7.42. The zero-order chi connectivity index (χ0) is 16.2. The Morgan fingerprint density at radius 3 is 2.41 bits per heavy atom. The lowest BCUT2D eigenvalue weighted by Crippen LogP contribution is -2.43. The third kappa shape index (κ3) is 4.29. The summed E-state index contributed by atoms with van der Waals surface area (Å²) in [4.78, 5) is 12.1. The number of benzene rings is 1. The van der Waals surface area contributed by atoms with Crippen LogP contribution >= 0.6 is 0 Å². The number of rotatable bonds is 5. The zero-order valence-electron chi connectivity index (χ0n) is 12.4. The minimum Gasteiger partial charge on any atom is -0.325 e. The summed E-state index contributed by atoms with van der Waals surface area (Å²) in [5.74, 6) is -0.373. The molecule has 0 aromatic heterocycles. The summed E-state index contributed by atoms with van der Waals surface area (Å²) in [6, 6.07) is 8.35. The molecular formula is C15H19N3O3S. The highest BCUT2D eigenvalue weighted by Gasteiger charge is 2.30. The summed E-state index contributed by atoms with van der Waals surface area (Å²) in [5, 5.41) is 11.4. The predicted molar refractivity (Wildman–Crippen MR) is 83.6 cm³/mol. The molecule has 0 unspecified atom stereocenters. The molecule has 0 saturated heterocycles. The molecule has 7 heteroatoms. The van der Waals surface area contributed by atoms with Crippen LogP contribution in [0.3, 0.4) is 0 Å². The number of nitrogens with zero attached hydrogens (tertiary/aromatic N) is 2. The number of hydrogen-bond donors (Lipinski definition) is 1. The maximum absolute atomic E-state index is 12.1. The van der Waals surface area contributed by atoms with Crippen LogP contribution in [0, 0.1) is 11.3 Å². The van der Waals surface area contributed by atoms with Crippen LogP contribution in [0.2, 0.25) is 0 Å². The molecule has 1 saturated carbocycles. The van der Waals surface area contributed by atoms with Crippen molar-refractivity contribution in [3.63, 3.8) is 0 Å². The van der Waals surface area contributed by atoms with E-state index in [-0.39, 0.29) is 18.5 Å². The van der Waals surface area contributed by atoms with Gasteiger partial charge in [0.05, 0.1) is 24.4 Å². The van der Waals surface area contributed by atoms with Crippen LogP contribution in [0.1, 0.15) is 31.2 Å². The summed E-state index contributed by atoms with van der Waals surface area (Å²) >= 11 is 0. The smallest absolute Gasteiger partial charge is 0.239 e. The second kappa shape index (κ2) is 6.90. The predicted octanol–water partition coefficient (Wildman–Crippen LogP) is 1.70. The van der Waals surface area contributed by atoms with E-state index in [0.29, 0.717) is 11.3 Å². The van der Waals surface area contributed by atoms with Crippen molar-refractivity contribution in [2.75, 3.05) is 18.1 Å². The van der Waals surface area contributed by atoms with Crippen molar-refractivity contribution in [3.8, 4) is 6.07 Å². The van der Waals surface area contributed by atoms with Gasteiger partial charge < -0.3 is 5.32 Å². The maximum Gasteiger partial charge on any atom is 0.239 e. The van der Waals surface area contributed by atoms with Gasteiger partial charge in [-0.3, -0.25) is 4.79 Å². The Balaban J connectivity index is 2.03. The molecule has 0 heterocycles. The van der Waals surface area contributed by atoms with Gasteiger partial charge in [-0.25, -0.2) is 8.42 Å². The van der Waals surface area contributed by atoms with Gasteiger partial charge in [-0.1, -0.05) is 12.8 Å². The molecule has 1 fully saturated rings. The molecule has 1 N–H and O–H groups in total. The Bertz CT molecular complexity index is 671. The van der Waals surface area contributed by atoms with E-state index in [0.717, 1.165) is 31.9 Å². The number of carbonyl (C=O) groups is 1. The lowest BCUT2D eigenvalue weighted by Gasteiger charge is -2.25. The summed E-state index contributed by atoms with van der Waals surface area (Å²) < 4.78 is 25.1. The number of nitriles is 1. The van der Waals surface area contributed by atoms with E-state index in [9.17, 15) is 13.2 Å². The number of carbonyl (C=O) groups excluding carboxylic acids is 1. The summed E-state index contributed by atoms with van der Waals surface area (Å²) in [5.41, 5.74) is 1.05. The van der Waals surface area contributed by atoms with Gasteiger partial charge >= 0.3 is 0 Å². The highest BCUT2D eigenvalue weighted by atomic mass is 32.2. The van der Waals surface area contributed by atoms with E-state index in [1.165, 1.54) is 4.31 Å². The first-order chi connectivity index (χ1) is 10.4. The Labute approximate surface area is 130 Å². The van der Waals surface area contributed by atoms with E-state index in [1.54, 1.807) is 24.3 Å². The molecule has 1 aliphatic rings. The molecule has 0 bridgehead atoms. The van der Waals surface area contributed by atoms with E-state index in [1.807, 2.05) is 6.07 Å². The molecule has 2 rings (SSSR count). The average Bonchev–Trinajstić information content (AvgIpc) is 2.98. The number of nitrogens with one attached hydrogen (secondary N) is 1. The van der Waals surface area contributed by atoms with Crippen LogP contribution in [0.15, 0.2) is 24.3 Å². The first kappa shape index (κ1) is 16.5. The molecule has 0 spiro atoms. The lowest BCUT2D eigenvalue weighted by molar-refractivity contribution is -0.116. The fraction of sp³-hybridized carbons (Fsp3) is 0.467. The maximum atomic E-state index is 12.1. The van der Waals surface area contributed by atoms with Crippen LogP contribution in [0.5, 0.6) is 0 Å². The standard InChI is InChI=1S/C15H19N3O3S/c1-22(20,21)18(14-4-2-3-5-14)11-15(19)17-13-8-6-12(10-16)7-9-13/h6-9,14H,2-5,11H2,1H3,(H,17,19). The fourth-order valence-electron chi connectivity index (χ4n) is 2.68. The first-order valence-electron chi connectivity index (χ1n) is 7.17. The van der Waals surface area contributed by atoms with Crippen molar-refractivity contribution in [1.29, 1.82) is 5.26 Å². The molecule has 1 aromatic rings. The molecule has 1 aromatic carbocycles. The van der Waals surface area contributed by atoms with Crippen molar-refractivity contribution in [2.24, 2.45) is 0 Å². The zero-order valence-corrected chi connectivity index (χ0v) is 13.3. The van der Waals surface area contributed by atoms with Crippen molar-refractivity contribution >= 4 is 21.6 Å². The van der Waals surface area contributed by atoms with Crippen molar-refractivity contribution in [2.45, 2.75) is 31.7 Å². The van der Waals surface area contributed by atoms with Gasteiger partial charge in [0.15, 0.2) is 0 Å². The minimum absolute atomic E-state index is 0.0817. The fourth-order valence-corrected chi connectivity index (χ4v) is 3.78. The van der Waals surface area contributed by atoms with Gasteiger partial charge in [-0.2, -0.15) is 9.57 Å². The van der Waals surface area contributed by atoms with Gasteiger partial charge in [0.1, 0.15) is 0 Å². The Morgan fingerprint density at radius 1 is 1.32 bits per heavy atom. The van der Waals surface area contributed by atoms with Gasteiger partial charge in [-0.15, -0.1) is 0 Å². The van der Waals surface area contributed by atoms with Crippen LogP contribution in [-0.2, 0) is 14.8 Å². The molecule has 22 heavy (non-hydrogen) atoms. The summed E-state index contributed by atoms with van der Waals surface area (Å²) in [7, 11) is -3.42. The molecular weight excluding hydrogens is 302 g/mol. The lowest BCUT2D eigenvalue weighted by atomic mass is 10.2. The molecule has 1 aliphatic carbocycles. The van der Waals surface area contributed by atoms with Crippen molar-refractivity contribution in [3.05, 3.63) is 29.8 Å². The van der Waals surface area contributed by atoms with E-state index < -0.39 is 10.0 Å². The highest BCUT2D eigenvalue weighted by molar-refractivity contribution is 7.88. The molecule has 1 amide bonds. The average molecular weight is 321 g/mol. The molecule has 0 radical (unpaired) electrons. The summed E-state index contributed by atoms with van der Waals surface area (Å²) in [6.07, 6.45) is 4.73. The third-order valence-corrected chi connectivity index (χ3v) is 5.03. The molecule has 0 aliphatic heterocycles. The Morgan fingerprint density at radius 2 is 1.91 bits per heavy atom. The number of sulfonamides is 1. The van der Waals surface area contributed by atoms with Crippen LogP contribution in [0.4, 0.5) is 5.69 Å². The minimum atomic E-state index is -3.42. The normalized spacial score (nSPS) is 15.7. The number of anilines is 1. The van der Waals surface area contributed by atoms with E-state index in [4.69, 9.17) is 5.26 Å². The van der Waals surface area contributed by atoms with Gasteiger partial charge in [0, 0.05) is 11.7 Å². The number of hydrogen-bond acceptors (Lipinski definition) is 4. The van der Waals surface area contributed by atoms with Gasteiger partial charge in [0.25, 0.3) is 0 Å². The first-order valence-corrected chi connectivity index (χ1v) is 9.02. The van der Waals surface area contributed by atoms with Crippen molar-refractivity contribution < 1.29 is 13.2 Å². The Kier molecular flexibility index (Phi) is 5.16. The van der Waals surface area contributed by atoms with Crippen LogP contribution in [-0.4, -0.2) is 37.5 Å². The van der Waals surface area contributed by atoms with E-state index >= 15 is 0 Å². The monoisotopic (exact) mass is 321 g/mol. The van der Waals surface area contributed by atoms with Gasteiger partial charge in [0.2, 0.25) is 15.9 Å². The largest absolute Gasteiger partial charge is 0.325 e. The van der Waals surface area contributed by atoms with Gasteiger partial charge in [-0.05, 0) is 37.1 Å². The van der Waals surface area contributed by atoms with Crippen LogP contribution < -0.4 is 5.32 Å². The molecule has 6 nitrogen and oxygen atoms in total. The Hall–Kier alpha value is -1.91. The highest BCUT2D eigenvalue weighted by Crippen LogP contribution is 2.25. The van der Waals surface area contributed by atoms with Crippen LogP contribution in [0.25, 0.3) is 0 Å². The summed E-state index contributed by atoms with van der Waals surface area (Å²) in [6.45, 7) is -0.177. The van der Waals surface area contributed by atoms with Crippen molar-refractivity contribution in [1.82, 2.24) is 4.31 Å². The topological polar surface area (TPSA) is 90.3 Å². The second-order valence-electron chi connectivity index (χ2n) is 5.48. The van der Waals surface area contributed by atoms with E-state index in [2.05, 4.69) is 5.32 Å². The molecule has 118 valence electrons. The molecule has 0 atom stereocenters. The third-order valence-electron chi connectivity index (χ3n) is 3.76. The quantitative estimate of drug-likeness (QED) is 0.893. The number of amides is 1. The SMILES string of the molecule is CS(=O)(=O)N(CC(=O)Nc1ccc(C#N)cc1)C1CCCC1.